The van der Waals surface area contributed by atoms with Crippen molar-refractivity contribution in [1.82, 2.24) is 0 Å². The maximum absolute atomic E-state index is 13.1. The first kappa shape index (κ1) is 19.7. The van der Waals surface area contributed by atoms with Crippen LogP contribution in [0.1, 0.15) is 90.0 Å². The van der Waals surface area contributed by atoms with Crippen LogP contribution in [0, 0.1) is 20.8 Å². The first-order valence-electron chi connectivity index (χ1n) is 10.3. The third kappa shape index (κ3) is 4.26. The second kappa shape index (κ2) is 7.88. The zero-order valence-electron chi connectivity index (χ0n) is 17.4. The van der Waals surface area contributed by atoms with Gasteiger partial charge in [-0.05, 0) is 87.6 Å². The van der Waals surface area contributed by atoms with Crippen LogP contribution >= 0.6 is 0 Å². The van der Waals surface area contributed by atoms with Crippen molar-refractivity contribution in [3.05, 3.63) is 69.8 Å². The van der Waals surface area contributed by atoms with Crippen LogP contribution in [0.4, 0.5) is 0 Å². The number of hydrogen-bond donors (Lipinski definition) is 0. The molecule has 0 heterocycles. The fourth-order valence-corrected chi connectivity index (χ4v) is 4.32. The Labute approximate surface area is 164 Å². The molecule has 1 aliphatic carbocycles. The molecule has 0 N–H and O–H groups in total. The molecule has 0 amide bonds. The van der Waals surface area contributed by atoms with Crippen molar-refractivity contribution in [3.63, 3.8) is 0 Å². The highest BCUT2D eigenvalue weighted by molar-refractivity contribution is 5.90. The van der Waals surface area contributed by atoms with E-state index in [4.69, 9.17) is 4.74 Å². The lowest BCUT2D eigenvalue weighted by Crippen LogP contribution is -2.30. The minimum atomic E-state index is -0.478. The Morgan fingerprint density at radius 3 is 2.15 bits per heavy atom. The van der Waals surface area contributed by atoms with E-state index in [1.807, 2.05) is 12.1 Å². The SMILES string of the molecule is CCC(C)c1cc(C)cc(C(=O)OC2(c3cc(C)cc(C)c3)CCCC2)c1. The molecular formula is C25H32O2. The molecule has 1 atom stereocenters. The monoisotopic (exact) mass is 364 g/mol. The lowest BCUT2D eigenvalue weighted by atomic mass is 9.89. The fraction of sp³-hybridized carbons (Fsp3) is 0.480. The molecule has 0 saturated heterocycles. The fourth-order valence-electron chi connectivity index (χ4n) is 4.32. The highest BCUT2D eigenvalue weighted by Gasteiger charge is 2.40. The maximum atomic E-state index is 13.1. The van der Waals surface area contributed by atoms with Gasteiger partial charge in [-0.25, -0.2) is 4.79 Å². The standard InChI is InChI=1S/C25H32O2/c1-6-20(5)21-12-19(4)13-22(16-21)24(26)27-25(9-7-8-10-25)23-14-17(2)11-18(3)15-23/h11-16,20H,6-10H2,1-5H3. The molecule has 144 valence electrons. The van der Waals surface area contributed by atoms with Gasteiger partial charge in [0, 0.05) is 0 Å². The van der Waals surface area contributed by atoms with E-state index >= 15 is 0 Å². The molecule has 0 spiro atoms. The number of carbonyl (C=O) groups is 1. The summed E-state index contributed by atoms with van der Waals surface area (Å²) in [7, 11) is 0. The number of carbonyl (C=O) groups excluding carboxylic acids is 1. The predicted molar refractivity (Wildman–Crippen MR) is 111 cm³/mol. The smallest absolute Gasteiger partial charge is 0.339 e. The molecule has 2 nitrogen and oxygen atoms in total. The van der Waals surface area contributed by atoms with Crippen molar-refractivity contribution in [2.75, 3.05) is 0 Å². The predicted octanol–water partition coefficient (Wildman–Crippen LogP) is 6.75. The summed E-state index contributed by atoms with van der Waals surface area (Å²) >= 11 is 0. The van der Waals surface area contributed by atoms with Gasteiger partial charge in [0.1, 0.15) is 5.60 Å². The topological polar surface area (TPSA) is 26.3 Å². The van der Waals surface area contributed by atoms with Crippen molar-refractivity contribution < 1.29 is 9.53 Å². The van der Waals surface area contributed by atoms with Crippen molar-refractivity contribution >= 4 is 5.97 Å². The van der Waals surface area contributed by atoms with Crippen molar-refractivity contribution in [1.29, 1.82) is 0 Å². The molecular weight excluding hydrogens is 332 g/mol. The van der Waals surface area contributed by atoms with Gasteiger partial charge in [-0.3, -0.25) is 0 Å². The summed E-state index contributed by atoms with van der Waals surface area (Å²) in [6.45, 7) is 10.7. The second-order valence-corrected chi connectivity index (χ2v) is 8.41. The van der Waals surface area contributed by atoms with E-state index in [1.54, 1.807) is 0 Å². The zero-order chi connectivity index (χ0) is 19.6. The summed E-state index contributed by atoms with van der Waals surface area (Å²) < 4.78 is 6.27. The average Bonchev–Trinajstić information content (AvgIpc) is 3.09. The van der Waals surface area contributed by atoms with Crippen molar-refractivity contribution in [2.45, 2.75) is 78.2 Å². The Balaban J connectivity index is 1.94. The number of ether oxygens (including phenoxy) is 1. The summed E-state index contributed by atoms with van der Waals surface area (Å²) in [5.74, 6) is 0.251. The van der Waals surface area contributed by atoms with Gasteiger partial charge in [-0.2, -0.15) is 0 Å². The van der Waals surface area contributed by atoms with Crippen LogP contribution in [-0.2, 0) is 10.3 Å². The first-order chi connectivity index (χ1) is 12.8. The minimum Gasteiger partial charge on any atom is -0.451 e. The largest absolute Gasteiger partial charge is 0.451 e. The van der Waals surface area contributed by atoms with Crippen LogP contribution in [-0.4, -0.2) is 5.97 Å². The molecule has 27 heavy (non-hydrogen) atoms. The van der Waals surface area contributed by atoms with Gasteiger partial charge in [0.05, 0.1) is 5.56 Å². The molecule has 1 aliphatic rings. The second-order valence-electron chi connectivity index (χ2n) is 8.41. The first-order valence-corrected chi connectivity index (χ1v) is 10.3. The highest BCUT2D eigenvalue weighted by atomic mass is 16.6. The maximum Gasteiger partial charge on any atom is 0.339 e. The quantitative estimate of drug-likeness (QED) is 0.548. The third-order valence-electron chi connectivity index (χ3n) is 5.96. The molecule has 0 bridgehead atoms. The highest BCUT2D eigenvalue weighted by Crippen LogP contribution is 2.43. The van der Waals surface area contributed by atoms with Crippen LogP contribution in [0.15, 0.2) is 36.4 Å². The minimum absolute atomic E-state index is 0.190. The van der Waals surface area contributed by atoms with Crippen LogP contribution in [0.25, 0.3) is 0 Å². The normalized spacial score (nSPS) is 16.9. The van der Waals surface area contributed by atoms with E-state index in [0.29, 0.717) is 11.5 Å². The molecule has 0 aliphatic heterocycles. The number of hydrogen-bond acceptors (Lipinski definition) is 2. The summed E-state index contributed by atoms with van der Waals surface area (Å²) in [5.41, 5.74) is 6.14. The van der Waals surface area contributed by atoms with Gasteiger partial charge < -0.3 is 4.74 Å². The number of aryl methyl sites for hydroxylation is 3. The van der Waals surface area contributed by atoms with E-state index < -0.39 is 5.60 Å². The Kier molecular flexibility index (Phi) is 5.74. The van der Waals surface area contributed by atoms with Gasteiger partial charge in [0.15, 0.2) is 0 Å². The van der Waals surface area contributed by atoms with Crippen LogP contribution in [0.3, 0.4) is 0 Å². The molecule has 2 aromatic rings. The summed E-state index contributed by atoms with van der Waals surface area (Å²) in [6, 6.07) is 12.7. The van der Waals surface area contributed by atoms with Crippen LogP contribution in [0.5, 0.6) is 0 Å². The van der Waals surface area contributed by atoms with Gasteiger partial charge in [0.25, 0.3) is 0 Å². The zero-order valence-corrected chi connectivity index (χ0v) is 17.4. The van der Waals surface area contributed by atoms with Crippen molar-refractivity contribution in [2.24, 2.45) is 0 Å². The van der Waals surface area contributed by atoms with Gasteiger partial charge in [0.2, 0.25) is 0 Å². The Hall–Kier alpha value is -2.09. The molecule has 3 rings (SSSR count). The Morgan fingerprint density at radius 2 is 1.56 bits per heavy atom. The molecule has 1 saturated carbocycles. The van der Waals surface area contributed by atoms with E-state index in [9.17, 15) is 4.79 Å². The molecule has 0 radical (unpaired) electrons. The molecule has 0 aromatic heterocycles. The molecule has 1 unspecified atom stereocenters. The van der Waals surface area contributed by atoms with Gasteiger partial charge in [-0.1, -0.05) is 49.2 Å². The van der Waals surface area contributed by atoms with E-state index in [2.05, 4.69) is 58.9 Å². The number of benzene rings is 2. The Bertz CT molecular complexity index is 808. The van der Waals surface area contributed by atoms with E-state index in [1.165, 1.54) is 16.7 Å². The van der Waals surface area contributed by atoms with Crippen molar-refractivity contribution in [3.8, 4) is 0 Å². The number of esters is 1. The average molecular weight is 365 g/mol. The van der Waals surface area contributed by atoms with Gasteiger partial charge in [-0.15, -0.1) is 0 Å². The van der Waals surface area contributed by atoms with Gasteiger partial charge >= 0.3 is 5.97 Å². The molecule has 2 aromatic carbocycles. The summed E-state index contributed by atoms with van der Waals surface area (Å²) in [5, 5.41) is 0. The summed E-state index contributed by atoms with van der Waals surface area (Å²) in [4.78, 5) is 13.1. The lowest BCUT2D eigenvalue weighted by Gasteiger charge is -2.30. The van der Waals surface area contributed by atoms with Crippen LogP contribution < -0.4 is 0 Å². The molecule has 1 fully saturated rings. The summed E-state index contributed by atoms with van der Waals surface area (Å²) in [6.07, 6.45) is 5.08. The van der Waals surface area contributed by atoms with E-state index in [-0.39, 0.29) is 5.97 Å². The van der Waals surface area contributed by atoms with E-state index in [0.717, 1.165) is 43.2 Å². The van der Waals surface area contributed by atoms with Crippen LogP contribution in [0.2, 0.25) is 0 Å². The third-order valence-corrected chi connectivity index (χ3v) is 5.96. The number of rotatable bonds is 5. The lowest BCUT2D eigenvalue weighted by molar-refractivity contribution is -0.0184. The molecule has 2 heteroatoms. The Morgan fingerprint density at radius 1 is 0.963 bits per heavy atom.